The molecule has 8 nitrogen and oxygen atoms in total. The highest BCUT2D eigenvalue weighted by Gasteiger charge is 2.35. The van der Waals surface area contributed by atoms with Crippen LogP contribution >= 0.6 is 0 Å². The lowest BCUT2D eigenvalue weighted by atomic mass is 10.1. The van der Waals surface area contributed by atoms with E-state index in [1.54, 1.807) is 0 Å². The van der Waals surface area contributed by atoms with Gasteiger partial charge in [-0.25, -0.2) is 0 Å². The van der Waals surface area contributed by atoms with E-state index in [1.165, 1.54) is 24.2 Å². The van der Waals surface area contributed by atoms with Crippen molar-refractivity contribution in [2.24, 2.45) is 5.92 Å². The molecule has 1 heterocycles. The van der Waals surface area contributed by atoms with Gasteiger partial charge in [-0.2, -0.15) is 0 Å². The molecule has 1 unspecified atom stereocenters. The first-order valence-corrected chi connectivity index (χ1v) is 12.1. The van der Waals surface area contributed by atoms with E-state index in [0.29, 0.717) is 26.3 Å². The Balaban J connectivity index is 1.85. The molecule has 1 saturated heterocycles. The molecule has 2 N–H and O–H groups in total. The lowest BCUT2D eigenvalue weighted by Crippen LogP contribution is -2.58. The minimum Gasteiger partial charge on any atom is -0.494 e. The van der Waals surface area contributed by atoms with Crippen LogP contribution in [0.4, 0.5) is 5.69 Å². The normalized spacial score (nSPS) is 15.8. The first kappa shape index (κ1) is 26.5. The Labute approximate surface area is 197 Å². The highest BCUT2D eigenvalue weighted by molar-refractivity contribution is 5.93. The molecule has 2 rings (SSSR count). The Kier molecular flexibility index (Phi) is 11.6. The quantitative estimate of drug-likeness (QED) is 0.326. The second-order valence-electron chi connectivity index (χ2n) is 8.82. The van der Waals surface area contributed by atoms with Crippen LogP contribution in [-0.4, -0.2) is 61.6 Å². The van der Waals surface area contributed by atoms with Crippen molar-refractivity contribution in [2.75, 3.05) is 38.2 Å². The van der Waals surface area contributed by atoms with Gasteiger partial charge >= 0.3 is 5.97 Å². The van der Waals surface area contributed by atoms with Crippen LogP contribution in [0.15, 0.2) is 24.3 Å². The molecule has 0 spiro atoms. The molecule has 0 bridgehead atoms. The molecule has 1 fully saturated rings. The van der Waals surface area contributed by atoms with Crippen LogP contribution in [0.1, 0.15) is 59.3 Å². The van der Waals surface area contributed by atoms with Gasteiger partial charge in [0.15, 0.2) is 0 Å². The molecule has 1 atom stereocenters. The summed E-state index contributed by atoms with van der Waals surface area (Å²) in [5, 5.41) is 5.84. The molecular formula is C25H39N3O5. The van der Waals surface area contributed by atoms with Crippen LogP contribution in [0.3, 0.4) is 0 Å². The molecule has 2 amide bonds. The molecule has 0 saturated carbocycles. The Hall–Kier alpha value is -2.77. The Morgan fingerprint density at radius 3 is 2.76 bits per heavy atom. The van der Waals surface area contributed by atoms with Crippen molar-refractivity contribution in [2.45, 2.75) is 65.3 Å². The lowest BCUT2D eigenvalue weighted by Gasteiger charge is -2.34. The summed E-state index contributed by atoms with van der Waals surface area (Å²) in [6.45, 7) is 7.78. The minimum absolute atomic E-state index is 0.0191. The summed E-state index contributed by atoms with van der Waals surface area (Å²) in [5.74, 6) is -0.0850. The van der Waals surface area contributed by atoms with Gasteiger partial charge in [-0.05, 0) is 24.5 Å². The number of hydrogen-bond acceptors (Lipinski definition) is 6. The van der Waals surface area contributed by atoms with Crippen LogP contribution in [0.5, 0.6) is 5.75 Å². The fourth-order valence-corrected chi connectivity index (χ4v) is 3.56. The van der Waals surface area contributed by atoms with Crippen molar-refractivity contribution >= 4 is 23.5 Å². The second-order valence-corrected chi connectivity index (χ2v) is 8.82. The van der Waals surface area contributed by atoms with Crippen LogP contribution in [0.25, 0.3) is 0 Å². The van der Waals surface area contributed by atoms with E-state index in [-0.39, 0.29) is 30.7 Å². The molecular weight excluding hydrogens is 422 g/mol. The van der Waals surface area contributed by atoms with Gasteiger partial charge in [0, 0.05) is 24.8 Å². The molecule has 1 aromatic carbocycles. The number of ether oxygens (including phenoxy) is 2. The van der Waals surface area contributed by atoms with Crippen LogP contribution in [0, 0.1) is 5.92 Å². The number of benzene rings is 1. The maximum Gasteiger partial charge on any atom is 0.308 e. The average molecular weight is 462 g/mol. The number of nitrogens with zero attached hydrogens (tertiary/aromatic N) is 1. The van der Waals surface area contributed by atoms with Crippen molar-refractivity contribution in [3.8, 4) is 5.75 Å². The third-order valence-electron chi connectivity index (χ3n) is 5.38. The van der Waals surface area contributed by atoms with E-state index < -0.39 is 12.0 Å². The number of amides is 2. The first-order valence-electron chi connectivity index (χ1n) is 12.1. The topological polar surface area (TPSA) is 97.0 Å². The Morgan fingerprint density at radius 1 is 1.21 bits per heavy atom. The monoisotopic (exact) mass is 461 g/mol. The fourth-order valence-electron chi connectivity index (χ4n) is 3.56. The zero-order valence-electron chi connectivity index (χ0n) is 20.2. The van der Waals surface area contributed by atoms with Crippen LogP contribution < -0.4 is 15.4 Å². The number of esters is 1. The summed E-state index contributed by atoms with van der Waals surface area (Å²) < 4.78 is 11.0. The Bertz CT molecular complexity index is 768. The summed E-state index contributed by atoms with van der Waals surface area (Å²) in [5.41, 5.74) is 0.765. The SMILES string of the molecule is CCCCCCCOc1cccc(NCC(=O)N2CCNC(=O)C2CC(=O)OCC(C)C)c1. The van der Waals surface area contributed by atoms with Crippen molar-refractivity contribution in [1.29, 1.82) is 0 Å². The molecule has 1 aromatic rings. The standard InChI is InChI=1S/C25H39N3O5/c1-4-5-6-7-8-14-32-21-11-9-10-20(15-21)27-17-23(29)28-13-12-26-25(31)22(28)16-24(30)33-18-19(2)3/h9-11,15,19,22,27H,4-8,12-14,16-18H2,1-3H3,(H,26,31). The maximum atomic E-state index is 12.9. The van der Waals surface area contributed by atoms with E-state index >= 15 is 0 Å². The van der Waals surface area contributed by atoms with Crippen LogP contribution in [-0.2, 0) is 19.1 Å². The fraction of sp³-hybridized carbons (Fsp3) is 0.640. The molecule has 8 heteroatoms. The molecule has 33 heavy (non-hydrogen) atoms. The van der Waals surface area contributed by atoms with E-state index in [1.807, 2.05) is 38.1 Å². The molecule has 1 aliphatic rings. The van der Waals surface area contributed by atoms with Gasteiger partial charge in [-0.15, -0.1) is 0 Å². The first-order chi connectivity index (χ1) is 15.9. The predicted octanol–water partition coefficient (Wildman–Crippen LogP) is 3.36. The van der Waals surface area contributed by atoms with Crippen molar-refractivity contribution in [3.05, 3.63) is 24.3 Å². The van der Waals surface area contributed by atoms with E-state index in [0.717, 1.165) is 24.3 Å². The number of unbranched alkanes of at least 4 members (excludes halogenated alkanes) is 4. The summed E-state index contributed by atoms with van der Waals surface area (Å²) >= 11 is 0. The zero-order valence-corrected chi connectivity index (χ0v) is 20.2. The largest absolute Gasteiger partial charge is 0.494 e. The summed E-state index contributed by atoms with van der Waals surface area (Å²) in [4.78, 5) is 38.8. The number of carbonyl (C=O) groups excluding carboxylic acids is 3. The molecule has 0 aromatic heterocycles. The number of carbonyl (C=O) groups is 3. The number of anilines is 1. The minimum atomic E-state index is -0.852. The third-order valence-corrected chi connectivity index (χ3v) is 5.38. The van der Waals surface area contributed by atoms with Gasteiger partial charge in [0.25, 0.3) is 0 Å². The summed E-state index contributed by atoms with van der Waals surface area (Å²) in [6.07, 6.45) is 5.74. The predicted molar refractivity (Wildman–Crippen MR) is 128 cm³/mol. The van der Waals surface area contributed by atoms with Gasteiger partial charge in [0.05, 0.1) is 26.2 Å². The van der Waals surface area contributed by atoms with Gasteiger partial charge in [-0.3, -0.25) is 14.4 Å². The summed E-state index contributed by atoms with van der Waals surface area (Å²) in [6, 6.07) is 6.65. The second kappa shape index (κ2) is 14.4. The lowest BCUT2D eigenvalue weighted by molar-refractivity contribution is -0.152. The number of nitrogens with one attached hydrogen (secondary N) is 2. The molecule has 0 aliphatic carbocycles. The zero-order chi connectivity index (χ0) is 24.1. The molecule has 0 radical (unpaired) electrons. The van der Waals surface area contributed by atoms with Gasteiger partial charge in [0.2, 0.25) is 11.8 Å². The van der Waals surface area contributed by atoms with Gasteiger partial charge in [0.1, 0.15) is 11.8 Å². The van der Waals surface area contributed by atoms with Gasteiger partial charge < -0.3 is 25.0 Å². The number of rotatable bonds is 14. The highest BCUT2D eigenvalue weighted by atomic mass is 16.5. The van der Waals surface area contributed by atoms with E-state index in [9.17, 15) is 14.4 Å². The van der Waals surface area contributed by atoms with E-state index in [4.69, 9.17) is 9.47 Å². The van der Waals surface area contributed by atoms with Crippen molar-refractivity contribution in [1.82, 2.24) is 10.2 Å². The third kappa shape index (κ3) is 9.72. The number of piperazine rings is 1. The van der Waals surface area contributed by atoms with Crippen molar-refractivity contribution in [3.63, 3.8) is 0 Å². The average Bonchev–Trinajstić information content (AvgIpc) is 2.80. The summed E-state index contributed by atoms with van der Waals surface area (Å²) in [7, 11) is 0. The van der Waals surface area contributed by atoms with E-state index in [2.05, 4.69) is 17.6 Å². The smallest absolute Gasteiger partial charge is 0.308 e. The highest BCUT2D eigenvalue weighted by Crippen LogP contribution is 2.18. The molecule has 1 aliphatic heterocycles. The molecule has 184 valence electrons. The Morgan fingerprint density at radius 2 is 2.00 bits per heavy atom. The number of hydrogen-bond donors (Lipinski definition) is 2. The van der Waals surface area contributed by atoms with Gasteiger partial charge in [-0.1, -0.05) is 52.5 Å². The maximum absolute atomic E-state index is 12.9. The van der Waals surface area contributed by atoms with Crippen LogP contribution in [0.2, 0.25) is 0 Å². The van der Waals surface area contributed by atoms with Crippen molar-refractivity contribution < 1.29 is 23.9 Å².